The molecule has 1 aliphatic rings. The van der Waals surface area contributed by atoms with Crippen molar-refractivity contribution in [1.29, 1.82) is 0 Å². The van der Waals surface area contributed by atoms with E-state index < -0.39 is 0 Å². The van der Waals surface area contributed by atoms with Gasteiger partial charge in [0.2, 0.25) is 0 Å². The molecule has 1 aliphatic carbocycles. The first-order valence-electron chi connectivity index (χ1n) is 5.06. The molecule has 1 aromatic heterocycles. The van der Waals surface area contributed by atoms with Crippen LogP contribution in [-0.2, 0) is 4.79 Å². The third kappa shape index (κ3) is 2.48. The molecule has 1 saturated carbocycles. The summed E-state index contributed by atoms with van der Waals surface area (Å²) in [7, 11) is 0. The number of aromatic amines is 1. The van der Waals surface area contributed by atoms with Gasteiger partial charge in [-0.15, -0.1) is 0 Å². The van der Waals surface area contributed by atoms with Crippen molar-refractivity contribution in [2.45, 2.75) is 31.6 Å². The van der Waals surface area contributed by atoms with Crippen LogP contribution in [0.2, 0.25) is 0 Å². The van der Waals surface area contributed by atoms with E-state index in [4.69, 9.17) is 0 Å². The fraction of sp³-hybridized carbons (Fsp3) is 0.455. The van der Waals surface area contributed by atoms with Gasteiger partial charge in [-0.05, 0) is 47.4 Å². The molecule has 80 valence electrons. The molecule has 2 rings (SSSR count). The first-order valence-corrected chi connectivity index (χ1v) is 6.14. The van der Waals surface area contributed by atoms with Crippen LogP contribution < -0.4 is 5.56 Å². The fourth-order valence-corrected chi connectivity index (χ4v) is 2.52. The van der Waals surface area contributed by atoms with Crippen molar-refractivity contribution in [3.05, 3.63) is 31.8 Å². The predicted molar refractivity (Wildman–Crippen MR) is 66.0 cm³/mol. The van der Waals surface area contributed by atoms with E-state index in [1.54, 1.807) is 6.20 Å². The molecule has 1 heterocycles. The maximum atomic E-state index is 11.6. The lowest BCUT2D eigenvalue weighted by Crippen LogP contribution is -2.20. The van der Waals surface area contributed by atoms with E-state index in [9.17, 15) is 9.59 Å². The van der Waals surface area contributed by atoms with Gasteiger partial charge < -0.3 is 4.98 Å². The number of pyridine rings is 1. The highest BCUT2D eigenvalue weighted by atomic mass is 127. The Morgan fingerprint density at radius 1 is 1.27 bits per heavy atom. The van der Waals surface area contributed by atoms with Crippen molar-refractivity contribution < 1.29 is 4.79 Å². The molecule has 0 saturated heterocycles. The Kier molecular flexibility index (Phi) is 3.23. The van der Waals surface area contributed by atoms with Crippen LogP contribution in [0.3, 0.4) is 0 Å². The maximum absolute atomic E-state index is 11.6. The number of H-pyrrole nitrogens is 1. The molecule has 3 nitrogen and oxygen atoms in total. The minimum atomic E-state index is -0.00485. The third-order valence-corrected chi connectivity index (χ3v) is 3.50. The molecule has 1 N–H and O–H groups in total. The summed E-state index contributed by atoms with van der Waals surface area (Å²) in [6.45, 7) is 0. The van der Waals surface area contributed by atoms with Crippen molar-refractivity contribution in [3.8, 4) is 0 Å². The van der Waals surface area contributed by atoms with Crippen molar-refractivity contribution >= 4 is 28.4 Å². The number of halogens is 1. The van der Waals surface area contributed by atoms with E-state index in [0.717, 1.165) is 22.0 Å². The molecule has 0 aromatic carbocycles. The zero-order valence-electron chi connectivity index (χ0n) is 8.25. The normalized spacial score (nSPS) is 18.1. The Labute approximate surface area is 101 Å². The van der Waals surface area contributed by atoms with Gasteiger partial charge in [0.25, 0.3) is 5.56 Å². The summed E-state index contributed by atoms with van der Waals surface area (Å²) in [6.07, 6.45) is 4.59. The van der Waals surface area contributed by atoms with Gasteiger partial charge in [-0.25, -0.2) is 0 Å². The van der Waals surface area contributed by atoms with Crippen LogP contribution in [0.4, 0.5) is 0 Å². The van der Waals surface area contributed by atoms with Gasteiger partial charge in [0, 0.05) is 28.2 Å². The minimum Gasteiger partial charge on any atom is -0.328 e. The number of hydrogen-bond acceptors (Lipinski definition) is 2. The lowest BCUT2D eigenvalue weighted by molar-refractivity contribution is -0.120. The number of hydrogen-bond donors (Lipinski definition) is 1. The van der Waals surface area contributed by atoms with Crippen LogP contribution in [-0.4, -0.2) is 10.8 Å². The second-order valence-electron chi connectivity index (χ2n) is 3.92. The molecule has 0 unspecified atom stereocenters. The van der Waals surface area contributed by atoms with Gasteiger partial charge in [0.1, 0.15) is 5.78 Å². The summed E-state index contributed by atoms with van der Waals surface area (Å²) >= 11 is 2.19. The minimum absolute atomic E-state index is 0.00485. The second-order valence-corrected chi connectivity index (χ2v) is 5.16. The number of nitrogens with one attached hydrogen (secondary N) is 1. The molecular formula is C11H12INO2. The molecule has 0 radical (unpaired) electrons. The van der Waals surface area contributed by atoms with E-state index in [1.165, 1.54) is 0 Å². The van der Waals surface area contributed by atoms with E-state index in [-0.39, 0.29) is 11.5 Å². The van der Waals surface area contributed by atoms with E-state index in [2.05, 4.69) is 27.6 Å². The average Bonchev–Trinajstić information content (AvgIpc) is 2.23. The number of Topliss-reactive ketones (excluding diaryl/α,β-unsaturated/α-hetero) is 1. The topological polar surface area (TPSA) is 49.9 Å². The molecule has 0 spiro atoms. The predicted octanol–water partition coefficient (Wildman–Crippen LogP) is 2.21. The average molecular weight is 317 g/mol. The first-order chi connectivity index (χ1) is 7.16. The standard InChI is InChI=1S/C11H12INO2/c12-8-5-10(11(15)13-6-8)7-1-3-9(14)4-2-7/h5-7H,1-4H2,(H,13,15). The summed E-state index contributed by atoms with van der Waals surface area (Å²) < 4.78 is 1.04. The Balaban J connectivity index is 2.26. The monoisotopic (exact) mass is 317 g/mol. The lowest BCUT2D eigenvalue weighted by atomic mass is 9.84. The van der Waals surface area contributed by atoms with E-state index in [1.807, 2.05) is 6.07 Å². The largest absolute Gasteiger partial charge is 0.328 e. The van der Waals surface area contributed by atoms with Gasteiger partial charge >= 0.3 is 0 Å². The number of ketones is 1. The second kappa shape index (κ2) is 4.47. The van der Waals surface area contributed by atoms with Gasteiger partial charge in [0.05, 0.1) is 0 Å². The fourth-order valence-electron chi connectivity index (χ4n) is 2.03. The highest BCUT2D eigenvalue weighted by Crippen LogP contribution is 2.29. The van der Waals surface area contributed by atoms with Crippen LogP contribution >= 0.6 is 22.6 Å². The number of carbonyl (C=O) groups is 1. The maximum Gasteiger partial charge on any atom is 0.251 e. The smallest absolute Gasteiger partial charge is 0.251 e. The molecule has 15 heavy (non-hydrogen) atoms. The lowest BCUT2D eigenvalue weighted by Gasteiger charge is -2.20. The molecule has 0 bridgehead atoms. The molecule has 0 atom stereocenters. The Hall–Kier alpha value is -0.650. The molecule has 0 aliphatic heterocycles. The Bertz CT molecular complexity index is 428. The zero-order valence-corrected chi connectivity index (χ0v) is 10.4. The van der Waals surface area contributed by atoms with Gasteiger partial charge in [-0.1, -0.05) is 0 Å². The molecule has 1 fully saturated rings. The summed E-state index contributed by atoms with van der Waals surface area (Å²) in [6, 6.07) is 1.93. The molecule has 4 heteroatoms. The summed E-state index contributed by atoms with van der Waals surface area (Å²) in [5.41, 5.74) is 0.837. The van der Waals surface area contributed by atoms with Crippen LogP contribution in [0.25, 0.3) is 0 Å². The zero-order chi connectivity index (χ0) is 10.8. The van der Waals surface area contributed by atoms with Gasteiger partial charge in [-0.3, -0.25) is 9.59 Å². The van der Waals surface area contributed by atoms with Crippen molar-refractivity contribution in [2.75, 3.05) is 0 Å². The first kappa shape index (κ1) is 10.9. The summed E-state index contributed by atoms with van der Waals surface area (Å²) in [5, 5.41) is 0. The number of rotatable bonds is 1. The van der Waals surface area contributed by atoms with Gasteiger partial charge in [-0.2, -0.15) is 0 Å². The van der Waals surface area contributed by atoms with E-state index >= 15 is 0 Å². The third-order valence-electron chi connectivity index (χ3n) is 2.88. The summed E-state index contributed by atoms with van der Waals surface area (Å²) in [5.74, 6) is 0.592. The van der Waals surface area contributed by atoms with Crippen LogP contribution in [0, 0.1) is 3.57 Å². The SMILES string of the molecule is O=C1CCC(c2cc(I)c[nH]c2=O)CC1. The highest BCUT2D eigenvalue weighted by Gasteiger charge is 2.22. The van der Waals surface area contributed by atoms with Crippen molar-refractivity contribution in [3.63, 3.8) is 0 Å². The molecular weight excluding hydrogens is 305 g/mol. The Morgan fingerprint density at radius 3 is 2.60 bits per heavy atom. The number of carbonyl (C=O) groups excluding carboxylic acids is 1. The van der Waals surface area contributed by atoms with Crippen LogP contribution in [0.15, 0.2) is 17.1 Å². The van der Waals surface area contributed by atoms with Crippen LogP contribution in [0.5, 0.6) is 0 Å². The van der Waals surface area contributed by atoms with Crippen LogP contribution in [0.1, 0.15) is 37.2 Å². The Morgan fingerprint density at radius 2 is 1.93 bits per heavy atom. The highest BCUT2D eigenvalue weighted by molar-refractivity contribution is 14.1. The summed E-state index contributed by atoms with van der Waals surface area (Å²) in [4.78, 5) is 25.4. The molecule has 1 aromatic rings. The number of aromatic nitrogens is 1. The van der Waals surface area contributed by atoms with Crippen molar-refractivity contribution in [1.82, 2.24) is 4.98 Å². The van der Waals surface area contributed by atoms with E-state index in [0.29, 0.717) is 18.6 Å². The van der Waals surface area contributed by atoms with Gasteiger partial charge in [0.15, 0.2) is 0 Å². The molecule has 0 amide bonds. The van der Waals surface area contributed by atoms with Crippen molar-refractivity contribution in [2.24, 2.45) is 0 Å². The quantitative estimate of drug-likeness (QED) is 0.808.